The Bertz CT molecular complexity index is 528. The molecule has 0 aliphatic carbocycles. The number of nitrogens with zero attached hydrogens (tertiary/aromatic N) is 1. The molecule has 2 aliphatic heterocycles. The first-order valence-corrected chi connectivity index (χ1v) is 7.57. The molecule has 4 nitrogen and oxygen atoms in total. The van der Waals surface area contributed by atoms with Crippen molar-refractivity contribution in [2.45, 2.75) is 31.4 Å². The summed E-state index contributed by atoms with van der Waals surface area (Å²) < 4.78 is 14.5. The van der Waals surface area contributed by atoms with Crippen molar-refractivity contribution in [3.05, 3.63) is 41.6 Å². The molecule has 4 N–H and O–H groups in total. The van der Waals surface area contributed by atoms with Crippen LogP contribution in [0.1, 0.15) is 36.4 Å². The number of halogens is 1. The van der Waals surface area contributed by atoms with E-state index in [0.717, 1.165) is 37.1 Å². The lowest BCUT2D eigenvalue weighted by atomic mass is 9.87. The molecule has 0 spiro atoms. The van der Waals surface area contributed by atoms with Gasteiger partial charge in [-0.05, 0) is 37.4 Å². The zero-order valence-corrected chi connectivity index (χ0v) is 12.0. The normalized spacial score (nSPS) is 26.1. The van der Waals surface area contributed by atoms with Gasteiger partial charge in [0.15, 0.2) is 0 Å². The first-order valence-electron chi connectivity index (χ1n) is 7.57. The highest BCUT2D eigenvalue weighted by atomic mass is 19.2. The van der Waals surface area contributed by atoms with E-state index >= 15 is 0 Å². The van der Waals surface area contributed by atoms with E-state index in [1.807, 2.05) is 24.3 Å². The molecule has 1 unspecified atom stereocenters. The number of hydrogen-bond donors (Lipinski definition) is 3. The minimum Gasteiger partial charge on any atom is -0.403 e. The minimum absolute atomic E-state index is 0.248. The maximum atomic E-state index is 14.5. The maximum Gasteiger partial charge on any atom is 0.0925 e. The van der Waals surface area contributed by atoms with Crippen molar-refractivity contribution >= 4 is 5.70 Å². The average Bonchev–Trinajstić information content (AvgIpc) is 2.80. The fraction of sp³-hybridized carbons (Fsp3) is 0.500. The molecule has 2 atom stereocenters. The molecule has 21 heavy (non-hydrogen) atoms. The molecular formula is C16H22FN3O. The lowest BCUT2D eigenvalue weighted by Crippen LogP contribution is -2.35. The minimum atomic E-state index is -0.486. The zero-order chi connectivity index (χ0) is 14.8. The molecule has 0 radical (unpaired) electrons. The van der Waals surface area contributed by atoms with Crippen molar-refractivity contribution in [2.75, 3.05) is 13.1 Å². The highest BCUT2D eigenvalue weighted by Gasteiger charge is 2.36. The third-order valence-corrected chi connectivity index (χ3v) is 4.65. The van der Waals surface area contributed by atoms with Gasteiger partial charge in [0.25, 0.3) is 0 Å². The SMILES string of the molecule is N/C=C1/c2ccccc2C(C[C@H](O)C2CCNCC2)N1F. The van der Waals surface area contributed by atoms with Crippen LogP contribution in [0, 0.1) is 5.92 Å². The second-order valence-corrected chi connectivity index (χ2v) is 5.86. The number of rotatable bonds is 3. The van der Waals surface area contributed by atoms with Gasteiger partial charge in [-0.25, -0.2) is 5.12 Å². The highest BCUT2D eigenvalue weighted by molar-refractivity contribution is 5.71. The Morgan fingerprint density at radius 2 is 2.10 bits per heavy atom. The molecule has 1 aromatic carbocycles. The van der Waals surface area contributed by atoms with Crippen LogP contribution in [0.3, 0.4) is 0 Å². The van der Waals surface area contributed by atoms with Crippen LogP contribution in [0.2, 0.25) is 0 Å². The van der Waals surface area contributed by atoms with Gasteiger partial charge in [0.1, 0.15) is 0 Å². The van der Waals surface area contributed by atoms with E-state index in [1.165, 1.54) is 6.20 Å². The summed E-state index contributed by atoms with van der Waals surface area (Å²) in [7, 11) is 0. The van der Waals surface area contributed by atoms with E-state index in [9.17, 15) is 9.59 Å². The molecule has 5 heteroatoms. The number of nitrogens with one attached hydrogen (secondary N) is 1. The summed E-state index contributed by atoms with van der Waals surface area (Å²) in [6.07, 6.45) is 3.11. The van der Waals surface area contributed by atoms with Gasteiger partial charge in [0.05, 0.1) is 17.8 Å². The number of hydrogen-bond acceptors (Lipinski definition) is 4. The number of aliphatic hydroxyl groups excluding tert-OH is 1. The molecule has 0 amide bonds. The van der Waals surface area contributed by atoms with Crippen LogP contribution in [0.4, 0.5) is 4.48 Å². The van der Waals surface area contributed by atoms with Gasteiger partial charge in [-0.15, -0.1) is 0 Å². The second-order valence-electron chi connectivity index (χ2n) is 5.86. The predicted molar refractivity (Wildman–Crippen MR) is 80.5 cm³/mol. The van der Waals surface area contributed by atoms with E-state index in [4.69, 9.17) is 5.73 Å². The third kappa shape index (κ3) is 2.63. The first kappa shape index (κ1) is 14.4. The molecule has 0 bridgehead atoms. The summed E-state index contributed by atoms with van der Waals surface area (Å²) in [6, 6.07) is 7.12. The van der Waals surface area contributed by atoms with Gasteiger partial charge in [-0.1, -0.05) is 28.7 Å². The van der Waals surface area contributed by atoms with E-state index in [0.29, 0.717) is 17.2 Å². The van der Waals surface area contributed by atoms with E-state index in [-0.39, 0.29) is 5.92 Å². The Morgan fingerprint density at radius 1 is 1.38 bits per heavy atom. The van der Waals surface area contributed by atoms with Crippen LogP contribution < -0.4 is 11.1 Å². The van der Waals surface area contributed by atoms with Gasteiger partial charge >= 0.3 is 0 Å². The maximum absolute atomic E-state index is 14.5. The lowest BCUT2D eigenvalue weighted by Gasteiger charge is -2.30. The van der Waals surface area contributed by atoms with E-state index in [1.54, 1.807) is 0 Å². The van der Waals surface area contributed by atoms with Crippen LogP contribution in [-0.4, -0.2) is 29.4 Å². The fourth-order valence-corrected chi connectivity index (χ4v) is 3.46. The van der Waals surface area contributed by atoms with E-state index < -0.39 is 12.1 Å². The van der Waals surface area contributed by atoms with Crippen molar-refractivity contribution in [3.8, 4) is 0 Å². The quantitative estimate of drug-likeness (QED) is 0.745. The third-order valence-electron chi connectivity index (χ3n) is 4.65. The van der Waals surface area contributed by atoms with Gasteiger partial charge < -0.3 is 16.2 Å². The number of aliphatic hydroxyl groups is 1. The molecular weight excluding hydrogens is 269 g/mol. The Balaban J connectivity index is 1.79. The molecule has 114 valence electrons. The van der Waals surface area contributed by atoms with Crippen LogP contribution in [0.25, 0.3) is 5.70 Å². The predicted octanol–water partition coefficient (Wildman–Crippen LogP) is 1.94. The standard InChI is InChI=1S/C16H22FN3O/c17-20-14(9-16(21)11-5-7-19-8-6-11)12-3-1-2-4-13(12)15(20)10-18/h1-4,10-11,14,16,19,21H,5-9,18H2/b15-10-/t14?,16-/m0/s1. The number of piperidine rings is 1. The average molecular weight is 291 g/mol. The molecule has 0 aromatic heterocycles. The Morgan fingerprint density at radius 3 is 2.81 bits per heavy atom. The topological polar surface area (TPSA) is 61.5 Å². The van der Waals surface area contributed by atoms with Gasteiger partial charge in [0, 0.05) is 18.2 Å². The van der Waals surface area contributed by atoms with Gasteiger partial charge in [-0.2, -0.15) is 0 Å². The van der Waals surface area contributed by atoms with Crippen molar-refractivity contribution in [1.82, 2.24) is 10.4 Å². The summed E-state index contributed by atoms with van der Waals surface area (Å²) in [6.45, 7) is 1.85. The lowest BCUT2D eigenvalue weighted by molar-refractivity contribution is 0.00599. The summed E-state index contributed by atoms with van der Waals surface area (Å²) in [4.78, 5) is 0. The van der Waals surface area contributed by atoms with Crippen molar-refractivity contribution in [1.29, 1.82) is 0 Å². The van der Waals surface area contributed by atoms with E-state index in [2.05, 4.69) is 5.32 Å². The number of nitrogens with two attached hydrogens (primary N) is 1. The van der Waals surface area contributed by atoms with Crippen molar-refractivity contribution in [2.24, 2.45) is 11.7 Å². The Labute approximate surface area is 124 Å². The zero-order valence-electron chi connectivity index (χ0n) is 12.0. The summed E-state index contributed by atoms with van der Waals surface area (Å²) >= 11 is 0. The smallest absolute Gasteiger partial charge is 0.0925 e. The molecule has 1 aromatic rings. The molecule has 2 aliphatic rings. The van der Waals surface area contributed by atoms with Crippen LogP contribution in [0.5, 0.6) is 0 Å². The van der Waals surface area contributed by atoms with Gasteiger partial charge in [-0.3, -0.25) is 0 Å². The molecule has 0 saturated carbocycles. The van der Waals surface area contributed by atoms with Crippen LogP contribution >= 0.6 is 0 Å². The second kappa shape index (κ2) is 6.03. The monoisotopic (exact) mass is 291 g/mol. The Hall–Kier alpha value is -1.59. The van der Waals surface area contributed by atoms with Gasteiger partial charge in [0.2, 0.25) is 0 Å². The highest BCUT2D eigenvalue weighted by Crippen LogP contribution is 2.44. The molecule has 1 fully saturated rings. The molecule has 3 rings (SSSR count). The Kier molecular flexibility index (Phi) is 4.12. The fourth-order valence-electron chi connectivity index (χ4n) is 3.46. The summed E-state index contributed by atoms with van der Waals surface area (Å²) in [5.74, 6) is 0.248. The molecule has 2 heterocycles. The largest absolute Gasteiger partial charge is 0.403 e. The van der Waals surface area contributed by atoms with Crippen molar-refractivity contribution < 1.29 is 9.59 Å². The summed E-state index contributed by atoms with van der Waals surface area (Å²) in [5.41, 5.74) is 7.69. The van der Waals surface area contributed by atoms with Crippen LogP contribution in [0.15, 0.2) is 30.5 Å². The number of benzene rings is 1. The number of fused-ring (bicyclic) bond motifs is 1. The molecule has 1 saturated heterocycles. The summed E-state index contributed by atoms with van der Waals surface area (Å²) in [5, 5.41) is 14.5. The van der Waals surface area contributed by atoms with Crippen molar-refractivity contribution in [3.63, 3.8) is 0 Å². The first-order chi connectivity index (χ1) is 10.2. The van der Waals surface area contributed by atoms with Crippen LogP contribution in [-0.2, 0) is 0 Å².